The van der Waals surface area contributed by atoms with E-state index in [1.807, 2.05) is 13.0 Å². The van der Waals surface area contributed by atoms with Gasteiger partial charge in [0.25, 0.3) is 0 Å². The number of aromatic nitrogens is 2. The van der Waals surface area contributed by atoms with Gasteiger partial charge in [0.1, 0.15) is 5.82 Å². The van der Waals surface area contributed by atoms with Gasteiger partial charge in [-0.2, -0.15) is 0 Å². The maximum Gasteiger partial charge on any atom is 0.172 e. The van der Waals surface area contributed by atoms with E-state index in [1.165, 1.54) is 0 Å². The monoisotopic (exact) mass is 192 g/mol. The van der Waals surface area contributed by atoms with Crippen molar-refractivity contribution in [3.8, 4) is 0 Å². The fraction of sp³-hybridized carbons (Fsp3) is 0.333. The number of hydrogen-bond acceptors (Lipinski definition) is 5. The molecule has 0 aliphatic rings. The lowest BCUT2D eigenvalue weighted by Crippen LogP contribution is -2.25. The molecular formula is C9H12N4O. The summed E-state index contributed by atoms with van der Waals surface area (Å²) in [5.41, 5.74) is 6.21. The van der Waals surface area contributed by atoms with Gasteiger partial charge in [-0.15, -0.1) is 0 Å². The number of pyridine rings is 1. The lowest BCUT2D eigenvalue weighted by Gasteiger charge is -2.10. The van der Waals surface area contributed by atoms with Crippen molar-refractivity contribution < 1.29 is 4.52 Å². The van der Waals surface area contributed by atoms with Crippen molar-refractivity contribution in [2.75, 3.05) is 11.9 Å². The lowest BCUT2D eigenvalue weighted by molar-refractivity contribution is 0.456. The van der Waals surface area contributed by atoms with Crippen LogP contribution in [0.2, 0.25) is 0 Å². The molecule has 0 spiro atoms. The normalized spacial score (nSPS) is 13.0. The van der Waals surface area contributed by atoms with Gasteiger partial charge in [-0.25, -0.2) is 4.98 Å². The zero-order chi connectivity index (χ0) is 9.97. The number of hydrogen-bond donors (Lipinski definition) is 2. The van der Waals surface area contributed by atoms with E-state index in [9.17, 15) is 0 Å². The van der Waals surface area contributed by atoms with Crippen LogP contribution in [0.4, 0.5) is 5.82 Å². The van der Waals surface area contributed by atoms with E-state index in [4.69, 9.17) is 10.3 Å². The third-order valence-corrected chi connectivity index (χ3v) is 1.99. The van der Waals surface area contributed by atoms with Gasteiger partial charge in [0, 0.05) is 24.8 Å². The summed E-state index contributed by atoms with van der Waals surface area (Å²) in [6.45, 7) is 2.56. The summed E-state index contributed by atoms with van der Waals surface area (Å²) in [6.07, 6.45) is 3.36. The molecule has 2 aromatic heterocycles. The Balaban J connectivity index is 2.25. The minimum Gasteiger partial charge on any atom is -0.366 e. The van der Waals surface area contributed by atoms with Crippen LogP contribution in [0.3, 0.4) is 0 Å². The fourth-order valence-corrected chi connectivity index (χ4v) is 1.15. The molecule has 5 nitrogen and oxygen atoms in total. The minimum absolute atomic E-state index is 0.197. The van der Waals surface area contributed by atoms with E-state index >= 15 is 0 Å². The topological polar surface area (TPSA) is 77.0 Å². The van der Waals surface area contributed by atoms with E-state index < -0.39 is 0 Å². The molecule has 2 rings (SSSR count). The van der Waals surface area contributed by atoms with Crippen LogP contribution in [0.25, 0.3) is 11.0 Å². The van der Waals surface area contributed by atoms with Gasteiger partial charge in [0.2, 0.25) is 0 Å². The van der Waals surface area contributed by atoms with Gasteiger partial charge in [-0.1, -0.05) is 5.16 Å². The summed E-state index contributed by atoms with van der Waals surface area (Å²) < 4.78 is 5.01. The summed E-state index contributed by atoms with van der Waals surface area (Å²) in [6, 6.07) is 2.01. The van der Waals surface area contributed by atoms with Crippen LogP contribution in [0, 0.1) is 0 Å². The summed E-state index contributed by atoms with van der Waals surface area (Å²) in [5, 5.41) is 7.72. The maximum atomic E-state index is 5.49. The van der Waals surface area contributed by atoms with Crippen molar-refractivity contribution in [2.45, 2.75) is 13.0 Å². The number of nitrogens with one attached hydrogen (secondary N) is 1. The van der Waals surface area contributed by atoms with Crippen LogP contribution < -0.4 is 11.1 Å². The second-order valence-electron chi connectivity index (χ2n) is 3.21. The van der Waals surface area contributed by atoms with Gasteiger partial charge in [0.05, 0.1) is 11.6 Å². The summed E-state index contributed by atoms with van der Waals surface area (Å²) in [7, 11) is 0. The number of fused-ring (bicyclic) bond motifs is 1. The van der Waals surface area contributed by atoms with Gasteiger partial charge >= 0.3 is 0 Å². The summed E-state index contributed by atoms with van der Waals surface area (Å²) >= 11 is 0. The molecule has 0 radical (unpaired) electrons. The molecule has 0 aliphatic heterocycles. The predicted octanol–water partition coefficient (Wildman–Crippen LogP) is 0.982. The molecule has 0 saturated carbocycles. The Morgan fingerprint density at radius 3 is 3.21 bits per heavy atom. The largest absolute Gasteiger partial charge is 0.366 e. The second kappa shape index (κ2) is 3.63. The van der Waals surface area contributed by atoms with Crippen molar-refractivity contribution in [3.63, 3.8) is 0 Å². The first-order valence-corrected chi connectivity index (χ1v) is 4.46. The molecule has 0 aliphatic carbocycles. The van der Waals surface area contributed by atoms with Crippen LogP contribution >= 0.6 is 0 Å². The quantitative estimate of drug-likeness (QED) is 0.758. The molecule has 3 N–H and O–H groups in total. The molecule has 5 heteroatoms. The highest BCUT2D eigenvalue weighted by atomic mass is 16.5. The van der Waals surface area contributed by atoms with E-state index in [0.29, 0.717) is 6.54 Å². The lowest BCUT2D eigenvalue weighted by atomic mass is 10.3. The predicted molar refractivity (Wildman–Crippen MR) is 53.9 cm³/mol. The average molecular weight is 192 g/mol. The third-order valence-electron chi connectivity index (χ3n) is 1.99. The van der Waals surface area contributed by atoms with E-state index in [-0.39, 0.29) is 6.04 Å². The Morgan fingerprint density at radius 2 is 2.43 bits per heavy atom. The van der Waals surface area contributed by atoms with E-state index in [2.05, 4.69) is 15.5 Å². The number of anilines is 1. The van der Waals surface area contributed by atoms with Crippen LogP contribution in [0.1, 0.15) is 6.92 Å². The number of nitrogens with zero attached hydrogens (tertiary/aromatic N) is 2. The Kier molecular flexibility index (Phi) is 2.32. The summed E-state index contributed by atoms with van der Waals surface area (Å²) in [4.78, 5) is 4.20. The second-order valence-corrected chi connectivity index (χ2v) is 3.21. The zero-order valence-electron chi connectivity index (χ0n) is 7.90. The van der Waals surface area contributed by atoms with Gasteiger partial charge in [0.15, 0.2) is 5.58 Å². The highest BCUT2D eigenvalue weighted by molar-refractivity contribution is 5.77. The smallest absolute Gasteiger partial charge is 0.172 e. The van der Waals surface area contributed by atoms with Crippen molar-refractivity contribution >= 4 is 16.8 Å². The molecule has 0 fully saturated rings. The number of nitrogens with two attached hydrogens (primary N) is 1. The molecule has 1 unspecified atom stereocenters. The molecule has 2 heterocycles. The van der Waals surface area contributed by atoms with Gasteiger partial charge < -0.3 is 15.6 Å². The van der Waals surface area contributed by atoms with Crippen molar-refractivity contribution in [3.05, 3.63) is 18.5 Å². The number of rotatable bonds is 3. The molecule has 0 bridgehead atoms. The minimum atomic E-state index is 0.197. The Hall–Kier alpha value is -1.62. The van der Waals surface area contributed by atoms with Crippen LogP contribution in [0.5, 0.6) is 0 Å². The average Bonchev–Trinajstić information content (AvgIpc) is 2.64. The standard InChI is InChI=1S/C9H12N4O/c1-6(3-10)13-9-2-8-7(4-11-9)5-12-14-8/h2,4-6H,3,10H2,1H3,(H,11,13). The van der Waals surface area contributed by atoms with Crippen molar-refractivity contribution in [1.82, 2.24) is 10.1 Å². The van der Waals surface area contributed by atoms with Crippen molar-refractivity contribution in [2.24, 2.45) is 5.73 Å². The molecule has 1 atom stereocenters. The Labute approximate surface area is 81.3 Å². The SMILES string of the molecule is CC(CN)Nc1cc2oncc2cn1. The molecule has 0 aromatic carbocycles. The van der Waals surface area contributed by atoms with E-state index in [0.717, 1.165) is 16.8 Å². The molecular weight excluding hydrogens is 180 g/mol. The van der Waals surface area contributed by atoms with Crippen LogP contribution in [0.15, 0.2) is 23.0 Å². The highest BCUT2D eigenvalue weighted by Crippen LogP contribution is 2.15. The van der Waals surface area contributed by atoms with E-state index in [1.54, 1.807) is 12.4 Å². The first kappa shape index (κ1) is 8.96. The summed E-state index contributed by atoms with van der Waals surface area (Å²) in [5.74, 6) is 0.757. The van der Waals surface area contributed by atoms with Crippen molar-refractivity contribution in [1.29, 1.82) is 0 Å². The molecule has 74 valence electrons. The molecule has 14 heavy (non-hydrogen) atoms. The Morgan fingerprint density at radius 1 is 1.57 bits per heavy atom. The maximum absolute atomic E-state index is 5.49. The fourth-order valence-electron chi connectivity index (χ4n) is 1.15. The van der Waals surface area contributed by atoms with Gasteiger partial charge in [-0.05, 0) is 6.92 Å². The molecule has 2 aromatic rings. The van der Waals surface area contributed by atoms with Gasteiger partial charge in [-0.3, -0.25) is 0 Å². The first-order chi connectivity index (χ1) is 6.79. The molecule has 0 saturated heterocycles. The van der Waals surface area contributed by atoms with Crippen LogP contribution in [-0.4, -0.2) is 22.7 Å². The first-order valence-electron chi connectivity index (χ1n) is 4.46. The van der Waals surface area contributed by atoms with Crippen LogP contribution in [-0.2, 0) is 0 Å². The zero-order valence-corrected chi connectivity index (χ0v) is 7.90. The molecule has 0 amide bonds. The Bertz CT molecular complexity index is 425. The highest BCUT2D eigenvalue weighted by Gasteiger charge is 2.03. The third kappa shape index (κ3) is 1.67.